The summed E-state index contributed by atoms with van der Waals surface area (Å²) in [6.07, 6.45) is 5.30. The molecule has 0 heterocycles. The maximum absolute atomic E-state index is 12.7. The molecule has 1 aliphatic carbocycles. The van der Waals surface area contributed by atoms with Crippen molar-refractivity contribution in [2.75, 3.05) is 31.0 Å². The van der Waals surface area contributed by atoms with E-state index in [1.165, 1.54) is 6.42 Å². The van der Waals surface area contributed by atoms with Gasteiger partial charge in [-0.2, -0.15) is 0 Å². The van der Waals surface area contributed by atoms with Crippen molar-refractivity contribution in [1.29, 1.82) is 0 Å². The number of nitrogens with one attached hydrogen (secondary N) is 3. The van der Waals surface area contributed by atoms with E-state index in [2.05, 4.69) is 16.0 Å². The number of ether oxygens (including phenoxy) is 2. The Morgan fingerprint density at radius 3 is 2.44 bits per heavy atom. The second-order valence-electron chi connectivity index (χ2n) is 7.65. The van der Waals surface area contributed by atoms with Gasteiger partial charge < -0.3 is 20.1 Å². The van der Waals surface area contributed by atoms with Crippen LogP contribution >= 0.6 is 12.2 Å². The molecule has 170 valence electrons. The Morgan fingerprint density at radius 2 is 1.69 bits per heavy atom. The van der Waals surface area contributed by atoms with E-state index in [1.54, 1.807) is 37.4 Å². The third kappa shape index (κ3) is 7.03. The maximum atomic E-state index is 12.7. The Labute approximate surface area is 193 Å². The zero-order valence-corrected chi connectivity index (χ0v) is 19.0. The number of para-hydroxylation sites is 1. The third-order valence-electron chi connectivity index (χ3n) is 5.27. The van der Waals surface area contributed by atoms with Gasteiger partial charge in [0.1, 0.15) is 12.4 Å². The van der Waals surface area contributed by atoms with Gasteiger partial charge in [-0.25, -0.2) is 0 Å². The molecule has 0 spiro atoms. The van der Waals surface area contributed by atoms with Crippen LogP contribution in [0.5, 0.6) is 5.75 Å². The summed E-state index contributed by atoms with van der Waals surface area (Å²) in [4.78, 5) is 25.2. The van der Waals surface area contributed by atoms with Crippen LogP contribution < -0.4 is 20.7 Å². The molecule has 0 radical (unpaired) electrons. The summed E-state index contributed by atoms with van der Waals surface area (Å²) in [5, 5.41) is 8.80. The first-order valence-electron chi connectivity index (χ1n) is 10.8. The summed E-state index contributed by atoms with van der Waals surface area (Å²) in [6, 6.07) is 14.2. The molecule has 32 heavy (non-hydrogen) atoms. The van der Waals surface area contributed by atoms with Crippen LogP contribution in [0.3, 0.4) is 0 Å². The first-order valence-corrected chi connectivity index (χ1v) is 11.2. The zero-order valence-electron chi connectivity index (χ0n) is 18.2. The molecule has 3 rings (SSSR count). The molecule has 2 amide bonds. The predicted molar refractivity (Wildman–Crippen MR) is 129 cm³/mol. The zero-order chi connectivity index (χ0) is 22.8. The largest absolute Gasteiger partial charge is 0.490 e. The van der Waals surface area contributed by atoms with Gasteiger partial charge in [0, 0.05) is 24.4 Å². The van der Waals surface area contributed by atoms with Crippen LogP contribution in [0, 0.1) is 5.92 Å². The summed E-state index contributed by atoms with van der Waals surface area (Å²) in [7, 11) is 1.59. The molecule has 8 heteroatoms. The van der Waals surface area contributed by atoms with Crippen LogP contribution in [0.15, 0.2) is 48.5 Å². The molecule has 1 aliphatic rings. The summed E-state index contributed by atoms with van der Waals surface area (Å²) in [5.41, 5.74) is 1.74. The summed E-state index contributed by atoms with van der Waals surface area (Å²) in [5.74, 6) is 0.212. The first-order chi connectivity index (χ1) is 15.6. The molecule has 0 aromatic heterocycles. The molecule has 2 aromatic carbocycles. The SMILES string of the molecule is COCCOc1ccccc1C(=O)NC(=S)Nc1cccc(NC(=O)C2CCCCC2)c1. The Kier molecular flexibility index (Phi) is 9.01. The van der Waals surface area contributed by atoms with Crippen LogP contribution in [-0.4, -0.2) is 37.3 Å². The van der Waals surface area contributed by atoms with Gasteiger partial charge in [0.15, 0.2) is 5.11 Å². The quantitative estimate of drug-likeness (QED) is 0.405. The van der Waals surface area contributed by atoms with Crippen molar-refractivity contribution in [2.45, 2.75) is 32.1 Å². The van der Waals surface area contributed by atoms with Gasteiger partial charge in [-0.1, -0.05) is 37.5 Å². The van der Waals surface area contributed by atoms with E-state index in [0.717, 1.165) is 25.7 Å². The molecule has 0 atom stereocenters. The molecule has 2 aromatic rings. The number of thiocarbonyl (C=S) groups is 1. The normalized spacial score (nSPS) is 13.8. The topological polar surface area (TPSA) is 88.7 Å². The van der Waals surface area contributed by atoms with Crippen molar-refractivity contribution in [3.05, 3.63) is 54.1 Å². The number of benzene rings is 2. The number of rotatable bonds is 8. The molecule has 1 fully saturated rings. The molecular weight excluding hydrogens is 426 g/mol. The van der Waals surface area contributed by atoms with E-state index < -0.39 is 0 Å². The third-order valence-corrected chi connectivity index (χ3v) is 5.47. The molecule has 0 unspecified atom stereocenters. The van der Waals surface area contributed by atoms with E-state index in [4.69, 9.17) is 21.7 Å². The van der Waals surface area contributed by atoms with Crippen LogP contribution in [-0.2, 0) is 9.53 Å². The van der Waals surface area contributed by atoms with Gasteiger partial charge in [0.2, 0.25) is 5.91 Å². The van der Waals surface area contributed by atoms with Crippen LogP contribution in [0.1, 0.15) is 42.5 Å². The highest BCUT2D eigenvalue weighted by atomic mass is 32.1. The van der Waals surface area contributed by atoms with Crippen molar-refractivity contribution >= 4 is 40.5 Å². The van der Waals surface area contributed by atoms with Crippen LogP contribution in [0.4, 0.5) is 11.4 Å². The summed E-state index contributed by atoms with van der Waals surface area (Å²) in [6.45, 7) is 0.756. The molecule has 1 saturated carbocycles. The van der Waals surface area contributed by atoms with Crippen LogP contribution in [0.25, 0.3) is 0 Å². The van der Waals surface area contributed by atoms with Gasteiger partial charge in [-0.05, 0) is 55.4 Å². The van der Waals surface area contributed by atoms with Gasteiger partial charge in [0.25, 0.3) is 5.91 Å². The molecule has 7 nitrogen and oxygen atoms in total. The van der Waals surface area contributed by atoms with Gasteiger partial charge >= 0.3 is 0 Å². The number of amides is 2. The minimum atomic E-state index is -0.378. The lowest BCUT2D eigenvalue weighted by atomic mass is 9.88. The van der Waals surface area contributed by atoms with E-state index >= 15 is 0 Å². The van der Waals surface area contributed by atoms with E-state index in [0.29, 0.717) is 35.9 Å². The number of methoxy groups -OCH3 is 1. The summed E-state index contributed by atoms with van der Waals surface area (Å²) >= 11 is 5.30. The number of carbonyl (C=O) groups excluding carboxylic acids is 2. The summed E-state index contributed by atoms with van der Waals surface area (Å²) < 4.78 is 10.6. The Balaban J connectivity index is 1.56. The highest BCUT2D eigenvalue weighted by Crippen LogP contribution is 2.25. The lowest BCUT2D eigenvalue weighted by molar-refractivity contribution is -0.120. The highest BCUT2D eigenvalue weighted by Gasteiger charge is 2.21. The average molecular weight is 456 g/mol. The fraction of sp³-hybridized carbons (Fsp3) is 0.375. The van der Waals surface area contributed by atoms with Crippen molar-refractivity contribution in [3.8, 4) is 5.75 Å². The molecular formula is C24H29N3O4S. The Morgan fingerprint density at radius 1 is 0.969 bits per heavy atom. The van der Waals surface area contributed by atoms with Gasteiger partial charge in [0.05, 0.1) is 12.2 Å². The molecule has 0 bridgehead atoms. The van der Waals surface area contributed by atoms with Crippen LogP contribution in [0.2, 0.25) is 0 Å². The standard InChI is InChI=1S/C24H29N3O4S/c1-30-14-15-31-21-13-6-5-12-20(21)23(29)27-24(32)26-19-11-7-10-18(16-19)25-22(28)17-8-3-2-4-9-17/h5-7,10-13,16-17H,2-4,8-9,14-15H2,1H3,(H,25,28)(H2,26,27,29,32). The molecule has 3 N–H and O–H groups in total. The number of carbonyl (C=O) groups is 2. The van der Waals surface area contributed by atoms with Crippen molar-refractivity contribution in [1.82, 2.24) is 5.32 Å². The highest BCUT2D eigenvalue weighted by molar-refractivity contribution is 7.80. The van der Waals surface area contributed by atoms with Crippen molar-refractivity contribution in [3.63, 3.8) is 0 Å². The van der Waals surface area contributed by atoms with Gasteiger partial charge in [-0.3, -0.25) is 14.9 Å². The molecule has 0 aliphatic heterocycles. The lowest BCUT2D eigenvalue weighted by Gasteiger charge is -2.21. The van der Waals surface area contributed by atoms with Crippen molar-refractivity contribution in [2.24, 2.45) is 5.92 Å². The lowest BCUT2D eigenvalue weighted by Crippen LogP contribution is -2.34. The van der Waals surface area contributed by atoms with Crippen molar-refractivity contribution < 1.29 is 19.1 Å². The molecule has 0 saturated heterocycles. The maximum Gasteiger partial charge on any atom is 0.261 e. The minimum Gasteiger partial charge on any atom is -0.490 e. The fourth-order valence-corrected chi connectivity index (χ4v) is 3.84. The fourth-order valence-electron chi connectivity index (χ4n) is 3.63. The Hall–Kier alpha value is -2.97. The smallest absolute Gasteiger partial charge is 0.261 e. The van der Waals surface area contributed by atoms with Gasteiger partial charge in [-0.15, -0.1) is 0 Å². The Bertz CT molecular complexity index is 944. The minimum absolute atomic E-state index is 0.0582. The number of anilines is 2. The predicted octanol–water partition coefficient (Wildman–Crippen LogP) is 4.36. The average Bonchev–Trinajstić information content (AvgIpc) is 2.80. The number of hydrogen-bond donors (Lipinski definition) is 3. The van der Waals surface area contributed by atoms with E-state index in [1.807, 2.05) is 18.2 Å². The van der Waals surface area contributed by atoms with E-state index in [9.17, 15) is 9.59 Å². The number of hydrogen-bond acceptors (Lipinski definition) is 5. The second kappa shape index (κ2) is 12.2. The second-order valence-corrected chi connectivity index (χ2v) is 8.06. The first kappa shape index (κ1) is 23.7. The monoisotopic (exact) mass is 455 g/mol. The van der Waals surface area contributed by atoms with E-state index in [-0.39, 0.29) is 22.8 Å².